The smallest absolute Gasteiger partial charge is 0.254 e. The maximum atomic E-state index is 12.7. The van der Waals surface area contributed by atoms with E-state index < -0.39 is 0 Å². The molecule has 2 aromatic carbocycles. The Labute approximate surface area is 142 Å². The summed E-state index contributed by atoms with van der Waals surface area (Å²) in [6.45, 7) is 6.18. The average Bonchev–Trinajstić information content (AvgIpc) is 2.57. The summed E-state index contributed by atoms with van der Waals surface area (Å²) in [7, 11) is 1.84. The van der Waals surface area contributed by atoms with Crippen LogP contribution < -0.4 is 10.6 Å². The van der Waals surface area contributed by atoms with E-state index in [0.717, 1.165) is 33.8 Å². The molecule has 2 N–H and O–H groups in total. The van der Waals surface area contributed by atoms with Crippen LogP contribution in [-0.2, 0) is 0 Å². The van der Waals surface area contributed by atoms with E-state index in [1.807, 2.05) is 32.2 Å². The van der Waals surface area contributed by atoms with Crippen LogP contribution in [-0.4, -0.2) is 24.1 Å². The van der Waals surface area contributed by atoms with Gasteiger partial charge in [0.15, 0.2) is 0 Å². The molecule has 1 heterocycles. The topological polar surface area (TPSA) is 54.0 Å². The molecule has 1 unspecified atom stereocenters. The molecule has 0 radical (unpaired) electrons. The summed E-state index contributed by atoms with van der Waals surface area (Å²) in [6.07, 6.45) is 0.777. The summed E-state index contributed by atoms with van der Waals surface area (Å²) >= 11 is 0. The number of hydrogen-bond donors (Lipinski definition) is 2. The maximum absolute atomic E-state index is 12.7. The monoisotopic (exact) mass is 321 g/mol. The minimum absolute atomic E-state index is 0.0439. The number of amides is 1. The molecule has 0 aliphatic rings. The van der Waals surface area contributed by atoms with Crippen molar-refractivity contribution in [2.45, 2.75) is 33.4 Å². The van der Waals surface area contributed by atoms with Crippen molar-refractivity contribution in [3.05, 3.63) is 53.1 Å². The van der Waals surface area contributed by atoms with Gasteiger partial charge in [-0.2, -0.15) is 0 Å². The fourth-order valence-corrected chi connectivity index (χ4v) is 3.14. The molecule has 0 aliphatic heterocycles. The number of benzene rings is 2. The molecule has 4 heteroatoms. The van der Waals surface area contributed by atoms with Crippen LogP contribution in [0, 0.1) is 13.8 Å². The van der Waals surface area contributed by atoms with Crippen molar-refractivity contribution in [1.82, 2.24) is 15.6 Å². The van der Waals surface area contributed by atoms with E-state index >= 15 is 0 Å². The first-order valence-electron chi connectivity index (χ1n) is 8.32. The Morgan fingerprint density at radius 3 is 2.62 bits per heavy atom. The molecule has 1 amide bonds. The Morgan fingerprint density at radius 2 is 1.92 bits per heavy atom. The lowest BCUT2D eigenvalue weighted by atomic mass is 10.0. The van der Waals surface area contributed by atoms with Crippen molar-refractivity contribution < 1.29 is 4.79 Å². The first-order chi connectivity index (χ1) is 11.5. The number of hydrogen-bond acceptors (Lipinski definition) is 3. The number of carbonyl (C=O) groups is 1. The largest absolute Gasteiger partial charge is 0.337 e. The number of nitrogens with one attached hydrogen (secondary N) is 2. The highest BCUT2D eigenvalue weighted by molar-refractivity contribution is 6.08. The summed E-state index contributed by atoms with van der Waals surface area (Å²) < 4.78 is 0. The summed E-state index contributed by atoms with van der Waals surface area (Å²) in [5, 5.41) is 8.19. The molecule has 3 rings (SSSR count). The number of para-hydroxylation sites is 1. The minimum Gasteiger partial charge on any atom is -0.337 e. The van der Waals surface area contributed by atoms with Crippen molar-refractivity contribution in [2.75, 3.05) is 7.05 Å². The summed E-state index contributed by atoms with van der Waals surface area (Å²) in [5.41, 5.74) is 4.66. The van der Waals surface area contributed by atoms with E-state index in [9.17, 15) is 4.79 Å². The van der Waals surface area contributed by atoms with Gasteiger partial charge in [0.05, 0.1) is 22.8 Å². The van der Waals surface area contributed by atoms with Gasteiger partial charge in [0, 0.05) is 10.8 Å². The van der Waals surface area contributed by atoms with Gasteiger partial charge in [-0.25, -0.2) is 4.98 Å². The number of carbonyl (C=O) groups excluding carboxylic acids is 1. The first kappa shape index (κ1) is 16.4. The molecule has 0 spiro atoms. The summed E-state index contributed by atoms with van der Waals surface area (Å²) in [5.74, 6) is -0.0987. The molecular formula is C20H23N3O. The van der Waals surface area contributed by atoms with Gasteiger partial charge in [0.2, 0.25) is 0 Å². The van der Waals surface area contributed by atoms with Gasteiger partial charge >= 0.3 is 0 Å². The number of rotatable bonds is 4. The fraction of sp³-hybridized carbons (Fsp3) is 0.300. The molecule has 0 bridgehead atoms. The third-order valence-electron chi connectivity index (χ3n) is 4.38. The Morgan fingerprint density at radius 1 is 1.12 bits per heavy atom. The third kappa shape index (κ3) is 2.97. The highest BCUT2D eigenvalue weighted by Gasteiger charge is 2.15. The van der Waals surface area contributed by atoms with Gasteiger partial charge in [0.25, 0.3) is 5.91 Å². The Kier molecular flexibility index (Phi) is 4.49. The van der Waals surface area contributed by atoms with Gasteiger partial charge in [0.1, 0.15) is 0 Å². The molecule has 24 heavy (non-hydrogen) atoms. The lowest BCUT2D eigenvalue weighted by Gasteiger charge is -2.16. The molecule has 124 valence electrons. The van der Waals surface area contributed by atoms with E-state index in [4.69, 9.17) is 4.98 Å². The third-order valence-corrected chi connectivity index (χ3v) is 4.38. The molecular weight excluding hydrogens is 298 g/mol. The van der Waals surface area contributed by atoms with Gasteiger partial charge in [-0.15, -0.1) is 0 Å². The zero-order valence-electron chi connectivity index (χ0n) is 14.6. The summed E-state index contributed by atoms with van der Waals surface area (Å²) in [6, 6.07) is 12.1. The van der Waals surface area contributed by atoms with Gasteiger partial charge in [-0.3, -0.25) is 4.79 Å². The van der Waals surface area contributed by atoms with Crippen LogP contribution in [0.15, 0.2) is 36.4 Å². The summed E-state index contributed by atoms with van der Waals surface area (Å²) in [4.78, 5) is 17.5. The maximum Gasteiger partial charge on any atom is 0.254 e. The molecule has 3 aromatic rings. The standard InChI is InChI=1S/C20H23N3O/c1-5-17(21-4)22-20(24)16-8-6-7-14-11-15-10-12(2)9-13(3)18(15)23-19(14)16/h6-11,17,21H,5H2,1-4H3,(H,22,24). The van der Waals surface area contributed by atoms with Crippen molar-refractivity contribution in [1.29, 1.82) is 0 Å². The van der Waals surface area contributed by atoms with Gasteiger partial charge < -0.3 is 10.6 Å². The van der Waals surface area contributed by atoms with Crippen molar-refractivity contribution in [3.63, 3.8) is 0 Å². The van der Waals surface area contributed by atoms with Crippen LogP contribution in [0.1, 0.15) is 34.8 Å². The Bertz CT molecular complexity index is 914. The van der Waals surface area contributed by atoms with Gasteiger partial charge in [-0.1, -0.05) is 30.7 Å². The first-order valence-corrected chi connectivity index (χ1v) is 8.32. The quantitative estimate of drug-likeness (QED) is 0.569. The van der Waals surface area contributed by atoms with E-state index in [-0.39, 0.29) is 12.1 Å². The molecule has 4 nitrogen and oxygen atoms in total. The van der Waals surface area contributed by atoms with Crippen LogP contribution in [0.3, 0.4) is 0 Å². The van der Waals surface area contributed by atoms with E-state index in [0.29, 0.717) is 5.56 Å². The fourth-order valence-electron chi connectivity index (χ4n) is 3.14. The second kappa shape index (κ2) is 6.57. The zero-order chi connectivity index (χ0) is 17.3. The second-order valence-electron chi connectivity index (χ2n) is 6.24. The molecule has 0 saturated carbocycles. The number of aryl methyl sites for hydroxylation is 2. The predicted molar refractivity (Wildman–Crippen MR) is 99.3 cm³/mol. The van der Waals surface area contributed by atoms with E-state index in [1.54, 1.807) is 0 Å². The van der Waals surface area contributed by atoms with Crippen LogP contribution >= 0.6 is 0 Å². The van der Waals surface area contributed by atoms with Crippen molar-refractivity contribution in [3.8, 4) is 0 Å². The molecule has 0 saturated heterocycles. The zero-order valence-corrected chi connectivity index (χ0v) is 14.6. The minimum atomic E-state index is -0.0987. The molecule has 0 aliphatic carbocycles. The van der Waals surface area contributed by atoms with E-state index in [1.165, 1.54) is 5.56 Å². The number of pyridine rings is 1. The van der Waals surface area contributed by atoms with Crippen molar-refractivity contribution in [2.24, 2.45) is 0 Å². The lowest BCUT2D eigenvalue weighted by Crippen LogP contribution is -2.43. The molecule has 1 aromatic heterocycles. The Hall–Kier alpha value is -2.46. The average molecular weight is 321 g/mol. The second-order valence-corrected chi connectivity index (χ2v) is 6.24. The van der Waals surface area contributed by atoms with E-state index in [2.05, 4.69) is 42.7 Å². The number of fused-ring (bicyclic) bond motifs is 2. The molecule has 0 fully saturated rings. The van der Waals surface area contributed by atoms with Crippen LogP contribution in [0.4, 0.5) is 0 Å². The predicted octanol–water partition coefficient (Wildman–Crippen LogP) is 3.69. The van der Waals surface area contributed by atoms with Crippen LogP contribution in [0.5, 0.6) is 0 Å². The highest BCUT2D eigenvalue weighted by Crippen LogP contribution is 2.25. The number of aromatic nitrogens is 1. The van der Waals surface area contributed by atoms with Crippen LogP contribution in [0.25, 0.3) is 21.8 Å². The highest BCUT2D eigenvalue weighted by atomic mass is 16.1. The normalized spacial score (nSPS) is 12.5. The SMILES string of the molecule is CCC(NC)NC(=O)c1cccc2cc3cc(C)cc(C)c3nc12. The van der Waals surface area contributed by atoms with Crippen LogP contribution in [0.2, 0.25) is 0 Å². The molecule has 1 atom stereocenters. The van der Waals surface area contributed by atoms with Gasteiger partial charge in [-0.05, 0) is 51.1 Å². The number of nitrogens with zero attached hydrogens (tertiary/aromatic N) is 1. The Balaban J connectivity index is 2.15. The van der Waals surface area contributed by atoms with Crippen molar-refractivity contribution >= 4 is 27.7 Å². The lowest BCUT2D eigenvalue weighted by molar-refractivity contribution is 0.0931.